The van der Waals surface area contributed by atoms with Crippen LogP contribution in [0, 0.1) is 44.3 Å². The molecule has 0 saturated heterocycles. The van der Waals surface area contributed by atoms with E-state index in [-0.39, 0.29) is 50.7 Å². The van der Waals surface area contributed by atoms with Gasteiger partial charge in [0, 0.05) is 17.8 Å². The van der Waals surface area contributed by atoms with Crippen LogP contribution >= 0.6 is 0 Å². The minimum Gasteiger partial charge on any atom is -0.468 e. The number of esters is 1. The summed E-state index contributed by atoms with van der Waals surface area (Å²) in [6.07, 6.45) is 11.3. The molecule has 0 aromatic rings. The van der Waals surface area contributed by atoms with Gasteiger partial charge in [-0.25, -0.2) is 0 Å². The van der Waals surface area contributed by atoms with Crippen LogP contribution in [0.25, 0.3) is 0 Å². The Morgan fingerprint density at radius 3 is 2.20 bits per heavy atom. The number of methoxy groups -OCH3 is 1. The lowest BCUT2D eigenvalue weighted by Gasteiger charge is -2.68. The Hall–Kier alpha value is -1.71. The van der Waals surface area contributed by atoms with Crippen molar-refractivity contribution in [3.63, 3.8) is 0 Å². The van der Waals surface area contributed by atoms with Gasteiger partial charge in [0.1, 0.15) is 5.78 Å². The number of fused-ring (bicyclic) bond motifs is 7. The smallest absolute Gasteiger partial charge is 0.315 e. The molecule has 4 nitrogen and oxygen atoms in total. The lowest BCUT2D eigenvalue weighted by molar-refractivity contribution is -0.182. The fraction of sp³-hybridized carbons (Fsp3) is 0.774. The molecular formula is C31H44O4. The second kappa shape index (κ2) is 7.19. The molecule has 3 saturated carbocycles. The summed E-state index contributed by atoms with van der Waals surface area (Å²) in [7, 11) is 1.47. The lowest BCUT2D eigenvalue weighted by atomic mass is 9.34. The van der Waals surface area contributed by atoms with E-state index in [1.165, 1.54) is 18.3 Å². The van der Waals surface area contributed by atoms with Crippen molar-refractivity contribution < 1.29 is 19.1 Å². The van der Waals surface area contributed by atoms with Crippen LogP contribution in [0.1, 0.15) is 99.8 Å². The SMILES string of the molecule is COC(=O)[C@]1(C)C=C2C3=CC(=O)[C@@H]4[C@]5(C)CCC(=O)C(C)(C)[C@H]5CC[C@]4(C)[C@@]3(C)CC[C@@]2(C)CC1. The maximum absolute atomic E-state index is 14.2. The minimum atomic E-state index is -0.652. The average molecular weight is 481 g/mol. The summed E-state index contributed by atoms with van der Waals surface area (Å²) in [4.78, 5) is 39.9. The number of carbonyl (C=O) groups excluding carboxylic acids is 3. The lowest BCUT2D eigenvalue weighted by Crippen LogP contribution is -2.65. The first-order valence-electron chi connectivity index (χ1n) is 13.7. The maximum atomic E-state index is 14.2. The summed E-state index contributed by atoms with van der Waals surface area (Å²) in [5.41, 5.74) is 0.877. The van der Waals surface area contributed by atoms with Gasteiger partial charge in [-0.15, -0.1) is 0 Å². The van der Waals surface area contributed by atoms with Crippen LogP contribution in [0.3, 0.4) is 0 Å². The van der Waals surface area contributed by atoms with Gasteiger partial charge in [0.05, 0.1) is 12.5 Å². The number of ether oxygens (including phenoxy) is 1. The van der Waals surface area contributed by atoms with E-state index < -0.39 is 5.41 Å². The zero-order chi connectivity index (χ0) is 25.8. The highest BCUT2D eigenvalue weighted by Crippen LogP contribution is 2.74. The highest BCUT2D eigenvalue weighted by molar-refractivity contribution is 5.97. The van der Waals surface area contributed by atoms with Gasteiger partial charge in [0.2, 0.25) is 0 Å². The van der Waals surface area contributed by atoms with Crippen LogP contribution in [0.4, 0.5) is 0 Å². The van der Waals surface area contributed by atoms with Crippen LogP contribution in [0.15, 0.2) is 23.3 Å². The molecule has 0 N–H and O–H groups in total. The molecular weight excluding hydrogens is 436 g/mol. The van der Waals surface area contributed by atoms with Crippen LogP contribution in [-0.2, 0) is 19.1 Å². The first kappa shape index (κ1) is 25.0. The fourth-order valence-corrected chi connectivity index (χ4v) is 9.79. The molecule has 35 heavy (non-hydrogen) atoms. The third-order valence-electron chi connectivity index (χ3n) is 12.4. The molecule has 0 unspecified atom stereocenters. The Kier molecular flexibility index (Phi) is 5.13. The third kappa shape index (κ3) is 2.95. The molecule has 4 heteroatoms. The summed E-state index contributed by atoms with van der Waals surface area (Å²) < 4.78 is 5.20. The van der Waals surface area contributed by atoms with Crippen molar-refractivity contribution in [3.05, 3.63) is 23.3 Å². The standard InChI is InChI=1S/C31H44O4/c1-26(2)22-9-12-31(7)24(29(22,5)11-10-23(26)33)21(32)17-19-20-18-28(4,25(34)35-8)14-13-27(20,3)15-16-30(19,31)6/h17-18,22,24H,9-16H2,1-8H3/t22-,24-,27-,28+,29-,30+,31+/m1/s1. The monoisotopic (exact) mass is 480 g/mol. The van der Waals surface area contributed by atoms with E-state index >= 15 is 0 Å². The molecule has 3 fully saturated rings. The van der Waals surface area contributed by atoms with Gasteiger partial charge in [0.25, 0.3) is 0 Å². The molecule has 192 valence electrons. The second-order valence-corrected chi connectivity index (χ2v) is 14.4. The van der Waals surface area contributed by atoms with Gasteiger partial charge in [-0.05, 0) is 96.7 Å². The van der Waals surface area contributed by atoms with E-state index in [0.717, 1.165) is 44.9 Å². The van der Waals surface area contributed by atoms with Crippen molar-refractivity contribution in [2.24, 2.45) is 44.3 Å². The molecule has 5 rings (SSSR count). The predicted octanol–water partition coefficient (Wildman–Crippen LogP) is 6.63. The van der Waals surface area contributed by atoms with E-state index in [1.807, 2.05) is 13.0 Å². The highest BCUT2D eigenvalue weighted by atomic mass is 16.5. The first-order valence-corrected chi connectivity index (χ1v) is 13.7. The molecule has 7 atom stereocenters. The Bertz CT molecular complexity index is 1080. The van der Waals surface area contributed by atoms with E-state index in [9.17, 15) is 14.4 Å². The van der Waals surface area contributed by atoms with Crippen molar-refractivity contribution in [1.82, 2.24) is 0 Å². The second-order valence-electron chi connectivity index (χ2n) is 14.4. The number of allylic oxidation sites excluding steroid dienone is 3. The van der Waals surface area contributed by atoms with Gasteiger partial charge >= 0.3 is 5.97 Å². The van der Waals surface area contributed by atoms with Crippen molar-refractivity contribution in [2.45, 2.75) is 99.8 Å². The summed E-state index contributed by atoms with van der Waals surface area (Å²) in [6, 6.07) is 0. The van der Waals surface area contributed by atoms with Crippen molar-refractivity contribution in [3.8, 4) is 0 Å². The van der Waals surface area contributed by atoms with Crippen LogP contribution in [0.2, 0.25) is 0 Å². The van der Waals surface area contributed by atoms with Gasteiger partial charge < -0.3 is 4.74 Å². The number of ketones is 2. The van der Waals surface area contributed by atoms with E-state index in [0.29, 0.717) is 12.2 Å². The Morgan fingerprint density at radius 2 is 1.54 bits per heavy atom. The quantitative estimate of drug-likeness (QED) is 0.395. The van der Waals surface area contributed by atoms with Crippen LogP contribution in [-0.4, -0.2) is 24.6 Å². The Labute approximate surface area is 211 Å². The normalized spacial score (nSPS) is 48.5. The molecule has 0 spiro atoms. The number of carbonyl (C=O) groups is 3. The fourth-order valence-electron chi connectivity index (χ4n) is 9.79. The summed E-state index contributed by atoms with van der Waals surface area (Å²) in [5.74, 6) is 0.580. The number of hydrogen-bond acceptors (Lipinski definition) is 4. The number of Topliss-reactive ketones (excluding diaryl/α,β-unsaturated/α-hetero) is 1. The summed E-state index contributed by atoms with van der Waals surface area (Å²) >= 11 is 0. The largest absolute Gasteiger partial charge is 0.468 e. The minimum absolute atomic E-state index is 0.0112. The zero-order valence-corrected chi connectivity index (χ0v) is 23.1. The van der Waals surface area contributed by atoms with Crippen molar-refractivity contribution >= 4 is 17.5 Å². The molecule has 0 radical (unpaired) electrons. The van der Waals surface area contributed by atoms with Crippen LogP contribution < -0.4 is 0 Å². The highest BCUT2D eigenvalue weighted by Gasteiger charge is 2.69. The maximum Gasteiger partial charge on any atom is 0.315 e. The van der Waals surface area contributed by atoms with Gasteiger partial charge in [-0.3, -0.25) is 14.4 Å². The summed E-state index contributed by atoms with van der Waals surface area (Å²) in [5, 5.41) is 0. The first-order chi connectivity index (χ1) is 16.1. The van der Waals surface area contributed by atoms with Gasteiger partial charge in [-0.2, -0.15) is 0 Å². The molecule has 5 aliphatic rings. The third-order valence-corrected chi connectivity index (χ3v) is 12.4. The Morgan fingerprint density at radius 1 is 0.886 bits per heavy atom. The van der Waals surface area contributed by atoms with Crippen molar-refractivity contribution in [2.75, 3.05) is 7.11 Å². The predicted molar refractivity (Wildman–Crippen MR) is 136 cm³/mol. The molecule has 0 bridgehead atoms. The molecule has 0 aromatic heterocycles. The molecule has 0 heterocycles. The molecule has 0 aromatic carbocycles. The number of rotatable bonds is 1. The Balaban J connectivity index is 1.67. The van der Waals surface area contributed by atoms with Crippen LogP contribution in [0.5, 0.6) is 0 Å². The molecule has 0 aliphatic heterocycles. The van der Waals surface area contributed by atoms with E-state index in [1.54, 1.807) is 0 Å². The molecule has 0 amide bonds. The van der Waals surface area contributed by atoms with E-state index in [2.05, 4.69) is 47.6 Å². The zero-order valence-electron chi connectivity index (χ0n) is 23.1. The van der Waals surface area contributed by atoms with Gasteiger partial charge in [-0.1, -0.05) is 47.6 Å². The summed E-state index contributed by atoms with van der Waals surface area (Å²) in [6.45, 7) is 15.6. The van der Waals surface area contributed by atoms with Crippen molar-refractivity contribution in [1.29, 1.82) is 0 Å². The topological polar surface area (TPSA) is 60.4 Å². The average Bonchev–Trinajstić information content (AvgIpc) is 2.78. The molecule has 5 aliphatic carbocycles. The van der Waals surface area contributed by atoms with Gasteiger partial charge in [0.15, 0.2) is 5.78 Å². The number of hydrogen-bond donors (Lipinski definition) is 0. The van der Waals surface area contributed by atoms with E-state index in [4.69, 9.17) is 4.74 Å².